The van der Waals surface area contributed by atoms with Crippen LogP contribution >= 0.6 is 0 Å². The molecule has 8 nitrogen and oxygen atoms in total. The lowest BCUT2D eigenvalue weighted by Gasteiger charge is -2.11. The van der Waals surface area contributed by atoms with Gasteiger partial charge in [-0.25, -0.2) is 9.97 Å². The highest BCUT2D eigenvalue weighted by Crippen LogP contribution is 2.25. The van der Waals surface area contributed by atoms with Crippen LogP contribution in [0.1, 0.15) is 21.7 Å². The highest BCUT2D eigenvalue weighted by atomic mass is 16.5. The molecule has 1 heterocycles. The monoisotopic (exact) mass is 408 g/mol. The van der Waals surface area contributed by atoms with Crippen molar-refractivity contribution < 1.29 is 19.1 Å². The molecule has 0 atom stereocenters. The van der Waals surface area contributed by atoms with Crippen molar-refractivity contribution in [3.63, 3.8) is 0 Å². The highest BCUT2D eigenvalue weighted by molar-refractivity contribution is 5.97. The number of fused-ring (bicyclic) bond motifs is 1. The summed E-state index contributed by atoms with van der Waals surface area (Å²) < 4.78 is 10.6. The number of amides is 2. The van der Waals surface area contributed by atoms with Gasteiger partial charge in [0.1, 0.15) is 0 Å². The standard InChI is InChI=1S/C22H24N4O4/c1-14-15(2)26-18-12-16(8-9-17(18)25-14)22(28)24-11-10-23-21(27)13-30-20-7-5-4-6-19(20)29-3/h4-9,12H,10-11,13H2,1-3H3,(H,23,27)(H,24,28). The van der Waals surface area contributed by atoms with E-state index in [4.69, 9.17) is 9.47 Å². The first-order chi connectivity index (χ1) is 14.5. The van der Waals surface area contributed by atoms with Crippen molar-refractivity contribution in [2.75, 3.05) is 26.8 Å². The smallest absolute Gasteiger partial charge is 0.258 e. The fourth-order valence-electron chi connectivity index (χ4n) is 2.78. The van der Waals surface area contributed by atoms with Crippen molar-refractivity contribution in [1.82, 2.24) is 20.6 Å². The van der Waals surface area contributed by atoms with E-state index in [1.807, 2.05) is 19.9 Å². The lowest BCUT2D eigenvalue weighted by Crippen LogP contribution is -2.36. The molecule has 0 spiro atoms. The zero-order valence-electron chi connectivity index (χ0n) is 17.2. The number of nitrogens with zero attached hydrogens (tertiary/aromatic N) is 2. The lowest BCUT2D eigenvalue weighted by atomic mass is 10.1. The summed E-state index contributed by atoms with van der Waals surface area (Å²) in [5, 5.41) is 5.47. The van der Waals surface area contributed by atoms with E-state index in [2.05, 4.69) is 20.6 Å². The first-order valence-corrected chi connectivity index (χ1v) is 9.53. The van der Waals surface area contributed by atoms with Crippen LogP contribution in [0.5, 0.6) is 11.5 Å². The third-order valence-electron chi connectivity index (χ3n) is 4.50. The van der Waals surface area contributed by atoms with Crippen molar-refractivity contribution in [2.45, 2.75) is 13.8 Å². The predicted octanol–water partition coefficient (Wildman–Crippen LogP) is 2.18. The lowest BCUT2D eigenvalue weighted by molar-refractivity contribution is -0.123. The summed E-state index contributed by atoms with van der Waals surface area (Å²) in [6.45, 7) is 4.21. The van der Waals surface area contributed by atoms with Gasteiger partial charge in [0.05, 0.1) is 29.5 Å². The largest absolute Gasteiger partial charge is 0.493 e. The number of rotatable bonds is 8. The van der Waals surface area contributed by atoms with Crippen LogP contribution in [0, 0.1) is 13.8 Å². The molecule has 1 aromatic heterocycles. The Balaban J connectivity index is 1.44. The summed E-state index contributed by atoms with van der Waals surface area (Å²) in [5.74, 6) is 0.523. The minimum atomic E-state index is -0.290. The Morgan fingerprint density at radius 3 is 2.30 bits per heavy atom. The van der Waals surface area contributed by atoms with Crippen LogP contribution in [0.2, 0.25) is 0 Å². The average molecular weight is 408 g/mol. The van der Waals surface area contributed by atoms with Crippen molar-refractivity contribution in [3.8, 4) is 11.5 Å². The SMILES string of the molecule is COc1ccccc1OCC(=O)NCCNC(=O)c1ccc2nc(C)c(C)nc2c1. The van der Waals surface area contributed by atoms with E-state index in [9.17, 15) is 9.59 Å². The van der Waals surface area contributed by atoms with E-state index in [1.54, 1.807) is 36.4 Å². The van der Waals surface area contributed by atoms with Crippen molar-refractivity contribution in [3.05, 3.63) is 59.4 Å². The maximum Gasteiger partial charge on any atom is 0.258 e. The first kappa shape index (κ1) is 21.0. The molecule has 0 bridgehead atoms. The molecular weight excluding hydrogens is 384 g/mol. The van der Waals surface area contributed by atoms with Gasteiger partial charge in [0.15, 0.2) is 18.1 Å². The Morgan fingerprint density at radius 2 is 1.57 bits per heavy atom. The fourth-order valence-corrected chi connectivity index (χ4v) is 2.78. The first-order valence-electron chi connectivity index (χ1n) is 9.53. The number of hydrogen-bond acceptors (Lipinski definition) is 6. The molecule has 0 saturated heterocycles. The van der Waals surface area contributed by atoms with Gasteiger partial charge in [-0.3, -0.25) is 9.59 Å². The van der Waals surface area contributed by atoms with Gasteiger partial charge in [-0.2, -0.15) is 0 Å². The molecule has 2 aromatic carbocycles. The maximum absolute atomic E-state index is 12.4. The van der Waals surface area contributed by atoms with E-state index >= 15 is 0 Å². The number of aryl methyl sites for hydroxylation is 2. The molecule has 0 unspecified atom stereocenters. The van der Waals surface area contributed by atoms with Crippen molar-refractivity contribution in [1.29, 1.82) is 0 Å². The van der Waals surface area contributed by atoms with Crippen LogP contribution < -0.4 is 20.1 Å². The van der Waals surface area contributed by atoms with Gasteiger partial charge < -0.3 is 20.1 Å². The van der Waals surface area contributed by atoms with Gasteiger partial charge >= 0.3 is 0 Å². The fraction of sp³-hybridized carbons (Fsp3) is 0.273. The van der Waals surface area contributed by atoms with E-state index in [0.717, 1.165) is 16.9 Å². The van der Waals surface area contributed by atoms with Gasteiger partial charge in [0.25, 0.3) is 11.8 Å². The summed E-state index contributed by atoms with van der Waals surface area (Å²) in [6, 6.07) is 12.3. The second-order valence-corrected chi connectivity index (χ2v) is 6.64. The van der Waals surface area contributed by atoms with E-state index < -0.39 is 0 Å². The molecular formula is C22H24N4O4. The molecule has 3 rings (SSSR count). The molecule has 8 heteroatoms. The summed E-state index contributed by atoms with van der Waals surface area (Å²) in [7, 11) is 1.54. The third-order valence-corrected chi connectivity index (χ3v) is 4.50. The Morgan fingerprint density at radius 1 is 0.900 bits per heavy atom. The van der Waals surface area contributed by atoms with Crippen molar-refractivity contribution in [2.24, 2.45) is 0 Å². The molecule has 2 N–H and O–H groups in total. The number of benzene rings is 2. The van der Waals surface area contributed by atoms with Crippen LogP contribution in [0.3, 0.4) is 0 Å². The Hall–Kier alpha value is -3.68. The molecule has 156 valence electrons. The molecule has 0 fully saturated rings. The summed E-state index contributed by atoms with van der Waals surface area (Å²) in [5.41, 5.74) is 3.61. The zero-order chi connectivity index (χ0) is 21.5. The number of methoxy groups -OCH3 is 1. The molecule has 0 saturated carbocycles. The summed E-state index contributed by atoms with van der Waals surface area (Å²) in [6.07, 6.45) is 0. The summed E-state index contributed by atoms with van der Waals surface area (Å²) >= 11 is 0. The zero-order valence-corrected chi connectivity index (χ0v) is 17.2. The predicted molar refractivity (Wildman–Crippen MR) is 113 cm³/mol. The van der Waals surface area contributed by atoms with Crippen LogP contribution in [0.25, 0.3) is 11.0 Å². The van der Waals surface area contributed by atoms with Gasteiger partial charge in [-0.1, -0.05) is 12.1 Å². The van der Waals surface area contributed by atoms with Gasteiger partial charge in [-0.05, 0) is 44.2 Å². The summed E-state index contributed by atoms with van der Waals surface area (Å²) in [4.78, 5) is 33.2. The third kappa shape index (κ3) is 5.22. The number of aromatic nitrogens is 2. The molecule has 30 heavy (non-hydrogen) atoms. The number of ether oxygens (including phenoxy) is 2. The minimum Gasteiger partial charge on any atom is -0.493 e. The maximum atomic E-state index is 12.4. The number of nitrogens with one attached hydrogen (secondary N) is 2. The van der Waals surface area contributed by atoms with Crippen LogP contribution in [-0.2, 0) is 4.79 Å². The van der Waals surface area contributed by atoms with E-state index in [-0.39, 0.29) is 31.5 Å². The number of para-hydroxylation sites is 2. The van der Waals surface area contributed by atoms with E-state index in [0.29, 0.717) is 22.6 Å². The Kier molecular flexibility index (Phi) is 6.79. The Labute approximate surface area is 174 Å². The quantitative estimate of drug-likeness (QED) is 0.554. The van der Waals surface area contributed by atoms with Crippen LogP contribution in [0.15, 0.2) is 42.5 Å². The van der Waals surface area contributed by atoms with Gasteiger partial charge in [0.2, 0.25) is 0 Å². The molecule has 0 aliphatic heterocycles. The highest BCUT2D eigenvalue weighted by Gasteiger charge is 2.10. The van der Waals surface area contributed by atoms with E-state index in [1.165, 1.54) is 7.11 Å². The molecule has 2 amide bonds. The normalized spacial score (nSPS) is 10.5. The van der Waals surface area contributed by atoms with Crippen molar-refractivity contribution >= 4 is 22.8 Å². The second kappa shape index (κ2) is 9.69. The number of carbonyl (C=O) groups excluding carboxylic acids is 2. The molecule has 3 aromatic rings. The number of carbonyl (C=O) groups is 2. The van der Waals surface area contributed by atoms with Gasteiger partial charge in [-0.15, -0.1) is 0 Å². The van der Waals surface area contributed by atoms with Gasteiger partial charge in [0, 0.05) is 18.7 Å². The minimum absolute atomic E-state index is 0.142. The topological polar surface area (TPSA) is 102 Å². The van der Waals surface area contributed by atoms with Crippen LogP contribution in [-0.4, -0.2) is 48.6 Å². The second-order valence-electron chi connectivity index (χ2n) is 6.64. The molecule has 0 radical (unpaired) electrons. The molecule has 0 aliphatic carbocycles. The van der Waals surface area contributed by atoms with Crippen LogP contribution in [0.4, 0.5) is 0 Å². The molecule has 0 aliphatic rings. The average Bonchev–Trinajstić information content (AvgIpc) is 2.75. The Bertz CT molecular complexity index is 1070. The number of hydrogen-bond donors (Lipinski definition) is 2.